The molecule has 0 unspecified atom stereocenters. The molecule has 2 heterocycles. The molecule has 0 aliphatic rings. The Bertz CT molecular complexity index is 636. The summed E-state index contributed by atoms with van der Waals surface area (Å²) in [6.45, 7) is 6.56. The van der Waals surface area contributed by atoms with E-state index in [9.17, 15) is 4.79 Å². The van der Waals surface area contributed by atoms with Crippen LogP contribution in [0.15, 0.2) is 18.3 Å². The van der Waals surface area contributed by atoms with Crippen molar-refractivity contribution >= 4 is 23.1 Å². The molecule has 6 heteroatoms. The first-order valence-electron chi connectivity index (χ1n) is 6.89. The number of carbonyl (C=O) groups excluding carboxylic acids is 1. The zero-order chi connectivity index (χ0) is 15.4. The van der Waals surface area contributed by atoms with Crippen molar-refractivity contribution in [2.24, 2.45) is 0 Å². The molecule has 0 saturated heterocycles. The first-order valence-corrected chi connectivity index (χ1v) is 7.70. The Labute approximate surface area is 128 Å². The first kappa shape index (κ1) is 15.4. The van der Waals surface area contributed by atoms with Crippen LogP contribution in [0.5, 0.6) is 0 Å². The second-order valence-electron chi connectivity index (χ2n) is 5.12. The van der Waals surface area contributed by atoms with Gasteiger partial charge in [0.25, 0.3) is 5.91 Å². The number of thiazole rings is 1. The third-order valence-corrected chi connectivity index (χ3v) is 3.94. The van der Waals surface area contributed by atoms with Crippen molar-refractivity contribution < 1.29 is 4.79 Å². The van der Waals surface area contributed by atoms with Crippen LogP contribution >= 0.6 is 11.3 Å². The van der Waals surface area contributed by atoms with Gasteiger partial charge in [-0.2, -0.15) is 0 Å². The van der Waals surface area contributed by atoms with E-state index in [0.29, 0.717) is 17.9 Å². The van der Waals surface area contributed by atoms with Crippen LogP contribution in [-0.2, 0) is 6.54 Å². The number of aromatic nitrogens is 2. The molecular weight excluding hydrogens is 284 g/mol. The van der Waals surface area contributed by atoms with E-state index < -0.39 is 0 Å². The highest BCUT2D eigenvalue weighted by Crippen LogP contribution is 2.18. The van der Waals surface area contributed by atoms with Crippen LogP contribution in [0.1, 0.15) is 45.7 Å². The third-order valence-electron chi connectivity index (χ3n) is 3.02. The number of amides is 1. The van der Waals surface area contributed by atoms with Gasteiger partial charge in [0.05, 0.1) is 6.54 Å². The molecule has 0 radical (unpaired) electrons. The third kappa shape index (κ3) is 4.01. The number of anilines is 1. The number of hydrogen-bond donors (Lipinski definition) is 2. The van der Waals surface area contributed by atoms with Crippen molar-refractivity contribution in [2.75, 3.05) is 12.4 Å². The molecule has 0 bridgehead atoms. The average Bonchev–Trinajstić information content (AvgIpc) is 2.89. The van der Waals surface area contributed by atoms with E-state index >= 15 is 0 Å². The van der Waals surface area contributed by atoms with E-state index in [0.717, 1.165) is 15.6 Å². The van der Waals surface area contributed by atoms with Gasteiger partial charge in [-0.25, -0.2) is 9.97 Å². The second-order valence-corrected chi connectivity index (χ2v) is 6.44. The van der Waals surface area contributed by atoms with Crippen molar-refractivity contribution in [3.8, 4) is 0 Å². The van der Waals surface area contributed by atoms with Gasteiger partial charge in [0, 0.05) is 29.4 Å². The second kappa shape index (κ2) is 6.67. The molecule has 0 aromatic carbocycles. The van der Waals surface area contributed by atoms with E-state index in [1.54, 1.807) is 24.5 Å². The van der Waals surface area contributed by atoms with E-state index in [1.165, 1.54) is 0 Å². The fourth-order valence-corrected chi connectivity index (χ4v) is 2.57. The van der Waals surface area contributed by atoms with Gasteiger partial charge in [-0.1, -0.05) is 13.8 Å². The summed E-state index contributed by atoms with van der Waals surface area (Å²) in [7, 11) is 1.80. The van der Waals surface area contributed by atoms with Crippen molar-refractivity contribution in [1.82, 2.24) is 15.3 Å². The number of rotatable bonds is 5. The quantitative estimate of drug-likeness (QED) is 0.891. The Balaban J connectivity index is 2.12. The summed E-state index contributed by atoms with van der Waals surface area (Å²) in [5.74, 6) is 0.867. The van der Waals surface area contributed by atoms with E-state index in [4.69, 9.17) is 0 Å². The lowest BCUT2D eigenvalue weighted by molar-refractivity contribution is 0.0950. The first-order chi connectivity index (χ1) is 9.99. The average molecular weight is 304 g/mol. The van der Waals surface area contributed by atoms with Gasteiger partial charge in [-0.15, -0.1) is 11.3 Å². The van der Waals surface area contributed by atoms with Crippen LogP contribution in [0.25, 0.3) is 0 Å². The van der Waals surface area contributed by atoms with Crippen LogP contribution in [-0.4, -0.2) is 22.9 Å². The number of aryl methyl sites for hydroxylation is 1. The smallest absolute Gasteiger partial charge is 0.251 e. The molecular formula is C15H20N4OS. The van der Waals surface area contributed by atoms with Crippen molar-refractivity contribution in [3.05, 3.63) is 39.5 Å². The summed E-state index contributed by atoms with van der Waals surface area (Å²) in [4.78, 5) is 22.1. The summed E-state index contributed by atoms with van der Waals surface area (Å²) in [5.41, 5.74) is 1.52. The molecule has 0 spiro atoms. The van der Waals surface area contributed by atoms with Crippen LogP contribution in [0, 0.1) is 6.92 Å². The van der Waals surface area contributed by atoms with Crippen molar-refractivity contribution in [1.29, 1.82) is 0 Å². The largest absolute Gasteiger partial charge is 0.373 e. The highest BCUT2D eigenvalue weighted by Gasteiger charge is 2.12. The molecule has 0 saturated carbocycles. The lowest BCUT2D eigenvalue weighted by atomic mass is 10.1. The fourth-order valence-electron chi connectivity index (χ4n) is 1.85. The maximum absolute atomic E-state index is 12.3. The van der Waals surface area contributed by atoms with Gasteiger partial charge in [0.2, 0.25) is 0 Å². The molecule has 0 atom stereocenters. The predicted molar refractivity (Wildman–Crippen MR) is 85.9 cm³/mol. The Hall–Kier alpha value is -1.95. The number of pyridine rings is 1. The number of hydrogen-bond acceptors (Lipinski definition) is 5. The van der Waals surface area contributed by atoms with Crippen LogP contribution in [0.4, 0.5) is 5.82 Å². The van der Waals surface area contributed by atoms with Crippen LogP contribution in [0.3, 0.4) is 0 Å². The van der Waals surface area contributed by atoms with E-state index in [-0.39, 0.29) is 11.8 Å². The van der Waals surface area contributed by atoms with E-state index in [2.05, 4.69) is 34.4 Å². The van der Waals surface area contributed by atoms with E-state index in [1.807, 2.05) is 19.2 Å². The number of nitrogens with zero attached hydrogens (tertiary/aromatic N) is 2. The summed E-state index contributed by atoms with van der Waals surface area (Å²) >= 11 is 1.59. The molecule has 112 valence electrons. The molecule has 0 aliphatic heterocycles. The molecule has 1 amide bonds. The topological polar surface area (TPSA) is 66.9 Å². The summed E-state index contributed by atoms with van der Waals surface area (Å²) < 4.78 is 0. The minimum atomic E-state index is -0.108. The lowest BCUT2D eigenvalue weighted by Crippen LogP contribution is -2.23. The van der Waals surface area contributed by atoms with Gasteiger partial charge in [0.1, 0.15) is 10.8 Å². The van der Waals surface area contributed by atoms with Crippen LogP contribution in [0.2, 0.25) is 0 Å². The Morgan fingerprint density at radius 1 is 1.38 bits per heavy atom. The van der Waals surface area contributed by atoms with Crippen LogP contribution < -0.4 is 10.6 Å². The molecule has 21 heavy (non-hydrogen) atoms. The normalized spacial score (nSPS) is 10.7. The molecule has 2 N–H and O–H groups in total. The lowest BCUT2D eigenvalue weighted by Gasteiger charge is -2.11. The van der Waals surface area contributed by atoms with Gasteiger partial charge < -0.3 is 10.6 Å². The van der Waals surface area contributed by atoms with Gasteiger partial charge >= 0.3 is 0 Å². The predicted octanol–water partition coefficient (Wildman–Crippen LogP) is 2.94. The molecule has 5 nitrogen and oxygen atoms in total. The minimum Gasteiger partial charge on any atom is -0.373 e. The monoisotopic (exact) mass is 304 g/mol. The highest BCUT2D eigenvalue weighted by molar-refractivity contribution is 7.11. The zero-order valence-electron chi connectivity index (χ0n) is 12.7. The molecule has 0 aliphatic carbocycles. The maximum atomic E-state index is 12.3. The fraction of sp³-hybridized carbons (Fsp3) is 0.400. The number of carbonyl (C=O) groups is 1. The summed E-state index contributed by atoms with van der Waals surface area (Å²) in [6, 6.07) is 3.60. The molecule has 2 rings (SSSR count). The van der Waals surface area contributed by atoms with Gasteiger partial charge in [-0.3, -0.25) is 4.79 Å². The summed E-state index contributed by atoms with van der Waals surface area (Å²) in [6.07, 6.45) is 1.81. The van der Waals surface area contributed by atoms with Gasteiger partial charge in [-0.05, 0) is 25.0 Å². The Morgan fingerprint density at radius 3 is 2.71 bits per heavy atom. The maximum Gasteiger partial charge on any atom is 0.251 e. The number of nitrogens with one attached hydrogen (secondary N) is 2. The van der Waals surface area contributed by atoms with Gasteiger partial charge in [0.15, 0.2) is 0 Å². The zero-order valence-corrected chi connectivity index (χ0v) is 13.5. The van der Waals surface area contributed by atoms with Crippen molar-refractivity contribution in [3.63, 3.8) is 0 Å². The van der Waals surface area contributed by atoms with Crippen molar-refractivity contribution in [2.45, 2.75) is 33.2 Å². The molecule has 2 aromatic heterocycles. The highest BCUT2D eigenvalue weighted by atomic mass is 32.1. The molecule has 0 fully saturated rings. The Kier molecular flexibility index (Phi) is 4.90. The standard InChI is InChI=1S/C15H20N4OS/c1-9(2)12-5-11(6-13(16-4)19-12)15(20)18-8-14-17-7-10(3)21-14/h5-7,9H,8H2,1-4H3,(H,16,19)(H,18,20). The SMILES string of the molecule is CNc1cc(C(=O)NCc2ncc(C)s2)cc(C(C)C)n1. The Morgan fingerprint density at radius 2 is 2.14 bits per heavy atom. The molecule has 2 aromatic rings. The minimum absolute atomic E-state index is 0.108. The summed E-state index contributed by atoms with van der Waals surface area (Å²) in [5, 5.41) is 6.80.